The van der Waals surface area contributed by atoms with Crippen LogP contribution in [-0.4, -0.2) is 18.9 Å². The molecule has 9 heteroatoms. The van der Waals surface area contributed by atoms with Crippen molar-refractivity contribution in [2.24, 2.45) is 10.9 Å². The first-order valence-corrected chi connectivity index (χ1v) is 9.49. The zero-order chi connectivity index (χ0) is 21.7. The van der Waals surface area contributed by atoms with Crippen molar-refractivity contribution in [2.75, 3.05) is 7.11 Å². The maximum atomic E-state index is 12.2. The lowest BCUT2D eigenvalue weighted by Crippen LogP contribution is -2.16. The van der Waals surface area contributed by atoms with Gasteiger partial charge in [0.05, 0.1) is 12.7 Å². The second-order valence-electron chi connectivity index (χ2n) is 6.16. The van der Waals surface area contributed by atoms with Gasteiger partial charge < -0.3 is 24.5 Å². The van der Waals surface area contributed by atoms with Crippen molar-refractivity contribution in [3.63, 3.8) is 0 Å². The quantitative estimate of drug-likeness (QED) is 0.237. The molecule has 30 heavy (non-hydrogen) atoms. The van der Waals surface area contributed by atoms with E-state index in [1.54, 1.807) is 42.5 Å². The number of nitrogens with two attached hydrogens (primary N) is 1. The fourth-order valence-electron chi connectivity index (χ4n) is 2.55. The van der Waals surface area contributed by atoms with Crippen LogP contribution in [0.2, 0.25) is 10.0 Å². The van der Waals surface area contributed by atoms with Crippen LogP contribution in [-0.2, 0) is 11.4 Å². The second-order valence-corrected chi connectivity index (χ2v) is 7.04. The Bertz CT molecular complexity index is 1090. The number of hydrogen-bond acceptors (Lipinski definition) is 6. The van der Waals surface area contributed by atoms with Crippen LogP contribution in [0, 0.1) is 6.92 Å². The van der Waals surface area contributed by atoms with Crippen molar-refractivity contribution in [1.82, 2.24) is 0 Å². The SMILES string of the molecule is COc1ccc(Cl)cc1/C(N)=N/OC(=O)c1ccc(COc2ccc(Cl)cc2C)o1. The van der Waals surface area contributed by atoms with E-state index in [2.05, 4.69) is 5.16 Å². The Balaban J connectivity index is 1.63. The summed E-state index contributed by atoms with van der Waals surface area (Å²) >= 11 is 11.9. The van der Waals surface area contributed by atoms with Crippen LogP contribution in [0.4, 0.5) is 0 Å². The van der Waals surface area contributed by atoms with E-state index in [0.29, 0.717) is 32.9 Å². The molecule has 1 heterocycles. The first-order chi connectivity index (χ1) is 14.4. The number of carbonyl (C=O) groups excluding carboxylic acids is 1. The number of rotatable bonds is 7. The van der Waals surface area contributed by atoms with Gasteiger partial charge in [0.15, 0.2) is 5.84 Å². The monoisotopic (exact) mass is 448 g/mol. The molecule has 0 bridgehead atoms. The number of aryl methyl sites for hydroxylation is 1. The summed E-state index contributed by atoms with van der Waals surface area (Å²) in [7, 11) is 1.48. The maximum Gasteiger partial charge on any atom is 0.400 e. The number of methoxy groups -OCH3 is 1. The third-order valence-corrected chi connectivity index (χ3v) is 4.50. The topological polar surface area (TPSA) is 96.3 Å². The number of nitrogens with zero attached hydrogens (tertiary/aromatic N) is 1. The van der Waals surface area contributed by atoms with Gasteiger partial charge in [0.1, 0.15) is 23.9 Å². The highest BCUT2D eigenvalue weighted by Crippen LogP contribution is 2.24. The Labute approximate surface area is 182 Å². The molecule has 2 aromatic carbocycles. The van der Waals surface area contributed by atoms with E-state index in [4.69, 9.17) is 47.7 Å². The van der Waals surface area contributed by atoms with E-state index in [1.807, 2.05) is 6.92 Å². The van der Waals surface area contributed by atoms with Gasteiger partial charge in [-0.3, -0.25) is 0 Å². The normalized spacial score (nSPS) is 11.3. The van der Waals surface area contributed by atoms with Crippen molar-refractivity contribution < 1.29 is 23.5 Å². The first-order valence-electron chi connectivity index (χ1n) is 8.73. The first kappa shape index (κ1) is 21.5. The molecular weight excluding hydrogens is 431 g/mol. The number of oxime groups is 1. The molecule has 1 aromatic heterocycles. The van der Waals surface area contributed by atoms with Crippen LogP contribution >= 0.6 is 23.2 Å². The average molecular weight is 449 g/mol. The van der Waals surface area contributed by atoms with Gasteiger partial charge in [0.2, 0.25) is 5.76 Å². The maximum absolute atomic E-state index is 12.2. The van der Waals surface area contributed by atoms with Crippen molar-refractivity contribution >= 4 is 35.0 Å². The molecule has 3 rings (SSSR count). The van der Waals surface area contributed by atoms with Crippen LogP contribution in [0.3, 0.4) is 0 Å². The van der Waals surface area contributed by atoms with E-state index in [1.165, 1.54) is 13.2 Å². The molecule has 0 radical (unpaired) electrons. The zero-order valence-electron chi connectivity index (χ0n) is 16.1. The van der Waals surface area contributed by atoms with Gasteiger partial charge in [-0.1, -0.05) is 28.4 Å². The van der Waals surface area contributed by atoms with Gasteiger partial charge in [-0.25, -0.2) is 4.79 Å². The third kappa shape index (κ3) is 5.25. The fourth-order valence-corrected chi connectivity index (χ4v) is 2.95. The Kier molecular flexibility index (Phi) is 6.87. The Morgan fingerprint density at radius 2 is 1.77 bits per heavy atom. The van der Waals surface area contributed by atoms with Gasteiger partial charge in [0, 0.05) is 10.0 Å². The summed E-state index contributed by atoms with van der Waals surface area (Å²) in [6, 6.07) is 13.2. The summed E-state index contributed by atoms with van der Waals surface area (Å²) in [5.74, 6) is 0.601. The Morgan fingerprint density at radius 1 is 1.07 bits per heavy atom. The largest absolute Gasteiger partial charge is 0.496 e. The van der Waals surface area contributed by atoms with Gasteiger partial charge in [-0.2, -0.15) is 0 Å². The van der Waals surface area contributed by atoms with Crippen LogP contribution in [0.1, 0.15) is 27.4 Å². The molecule has 3 aromatic rings. The molecule has 0 saturated carbocycles. The lowest BCUT2D eigenvalue weighted by molar-refractivity contribution is 0.0475. The lowest BCUT2D eigenvalue weighted by Gasteiger charge is -2.08. The zero-order valence-corrected chi connectivity index (χ0v) is 17.7. The minimum Gasteiger partial charge on any atom is -0.496 e. The van der Waals surface area contributed by atoms with Crippen molar-refractivity contribution in [3.05, 3.63) is 81.2 Å². The Morgan fingerprint density at radius 3 is 2.47 bits per heavy atom. The number of furan rings is 1. The van der Waals surface area contributed by atoms with Gasteiger partial charge in [-0.05, 0) is 61.0 Å². The molecule has 0 amide bonds. The predicted octanol–water partition coefficient (Wildman–Crippen LogP) is 4.96. The second kappa shape index (κ2) is 9.56. The van der Waals surface area contributed by atoms with Crippen molar-refractivity contribution in [2.45, 2.75) is 13.5 Å². The molecular formula is C21H18Cl2N2O5. The van der Waals surface area contributed by atoms with Gasteiger partial charge in [0.25, 0.3) is 0 Å². The molecule has 0 unspecified atom stereocenters. The third-order valence-electron chi connectivity index (χ3n) is 4.03. The number of amidine groups is 1. The molecule has 7 nitrogen and oxygen atoms in total. The number of ether oxygens (including phenoxy) is 2. The summed E-state index contributed by atoms with van der Waals surface area (Å²) < 4.78 is 16.3. The number of carbonyl (C=O) groups is 1. The summed E-state index contributed by atoms with van der Waals surface area (Å²) in [4.78, 5) is 17.1. The number of benzene rings is 2. The molecule has 0 aliphatic rings. The van der Waals surface area contributed by atoms with E-state index < -0.39 is 5.97 Å². The van der Waals surface area contributed by atoms with Crippen LogP contribution in [0.5, 0.6) is 11.5 Å². The summed E-state index contributed by atoms with van der Waals surface area (Å²) in [5.41, 5.74) is 7.16. The molecule has 2 N–H and O–H groups in total. The molecule has 0 aliphatic carbocycles. The molecule has 156 valence electrons. The molecule has 0 atom stereocenters. The van der Waals surface area contributed by atoms with E-state index in [-0.39, 0.29) is 18.2 Å². The molecule has 0 aliphatic heterocycles. The van der Waals surface area contributed by atoms with Gasteiger partial charge >= 0.3 is 5.97 Å². The molecule has 0 saturated heterocycles. The Hall–Kier alpha value is -3.16. The van der Waals surface area contributed by atoms with Crippen LogP contribution < -0.4 is 15.2 Å². The van der Waals surface area contributed by atoms with E-state index in [9.17, 15) is 4.79 Å². The van der Waals surface area contributed by atoms with E-state index >= 15 is 0 Å². The van der Waals surface area contributed by atoms with Crippen LogP contribution in [0.25, 0.3) is 0 Å². The smallest absolute Gasteiger partial charge is 0.400 e. The van der Waals surface area contributed by atoms with Crippen molar-refractivity contribution in [3.8, 4) is 11.5 Å². The molecule has 0 spiro atoms. The van der Waals surface area contributed by atoms with Gasteiger partial charge in [-0.15, -0.1) is 0 Å². The average Bonchev–Trinajstić information content (AvgIpc) is 3.20. The predicted molar refractivity (Wildman–Crippen MR) is 113 cm³/mol. The minimum absolute atomic E-state index is 0.0453. The number of hydrogen-bond donors (Lipinski definition) is 1. The summed E-state index contributed by atoms with van der Waals surface area (Å²) in [6.45, 7) is 2.00. The van der Waals surface area contributed by atoms with Crippen molar-refractivity contribution in [1.29, 1.82) is 0 Å². The van der Waals surface area contributed by atoms with Crippen LogP contribution in [0.15, 0.2) is 58.1 Å². The minimum atomic E-state index is -0.812. The summed E-state index contributed by atoms with van der Waals surface area (Å²) in [5, 5.41) is 4.70. The standard InChI is InChI=1S/C21H18Cl2N2O5/c1-12-9-13(22)3-6-17(12)28-11-15-5-8-19(29-15)21(26)30-25-20(24)16-10-14(23)4-7-18(16)27-2/h3-10H,11H2,1-2H3,(H2,24,25). The lowest BCUT2D eigenvalue weighted by atomic mass is 10.2. The summed E-state index contributed by atoms with van der Waals surface area (Å²) in [6.07, 6.45) is 0. The van der Waals surface area contributed by atoms with E-state index in [0.717, 1.165) is 5.56 Å². The number of halogens is 2. The molecule has 0 fully saturated rings. The fraction of sp³-hybridized carbons (Fsp3) is 0.143. The highest BCUT2D eigenvalue weighted by atomic mass is 35.5. The highest BCUT2D eigenvalue weighted by molar-refractivity contribution is 6.31. The highest BCUT2D eigenvalue weighted by Gasteiger charge is 2.15.